The molecule has 0 radical (unpaired) electrons. The van der Waals surface area contributed by atoms with Gasteiger partial charge in [-0.2, -0.15) is 0 Å². The minimum absolute atomic E-state index is 0.574. The first-order chi connectivity index (χ1) is 9.17. The van der Waals surface area contributed by atoms with E-state index in [-0.39, 0.29) is 0 Å². The van der Waals surface area contributed by atoms with Gasteiger partial charge in [0.25, 0.3) is 0 Å². The molecule has 0 atom stereocenters. The minimum Gasteiger partial charge on any atom is -0.308 e. The summed E-state index contributed by atoms with van der Waals surface area (Å²) in [6.07, 6.45) is 2.42. The van der Waals surface area contributed by atoms with E-state index < -0.39 is 0 Å². The lowest BCUT2D eigenvalue weighted by Crippen LogP contribution is -2.10. The van der Waals surface area contributed by atoms with Crippen LogP contribution < -0.4 is 11.3 Å². The van der Waals surface area contributed by atoms with E-state index >= 15 is 0 Å². The van der Waals surface area contributed by atoms with E-state index in [4.69, 9.17) is 5.84 Å². The van der Waals surface area contributed by atoms with Crippen LogP contribution in [-0.2, 0) is 0 Å². The molecule has 1 aliphatic carbocycles. The van der Waals surface area contributed by atoms with Crippen molar-refractivity contribution in [1.82, 2.24) is 9.97 Å². The van der Waals surface area contributed by atoms with E-state index in [1.165, 1.54) is 12.8 Å². The Kier molecular flexibility index (Phi) is 3.24. The normalized spacial score (nSPS) is 14.5. The van der Waals surface area contributed by atoms with Gasteiger partial charge in [-0.3, -0.25) is 0 Å². The van der Waals surface area contributed by atoms with Crippen molar-refractivity contribution in [2.45, 2.75) is 25.7 Å². The quantitative estimate of drug-likeness (QED) is 0.672. The Morgan fingerprint density at radius 2 is 2.05 bits per heavy atom. The first-order valence-electron chi connectivity index (χ1n) is 6.29. The van der Waals surface area contributed by atoms with Crippen LogP contribution in [0, 0.1) is 6.92 Å². The van der Waals surface area contributed by atoms with Crippen molar-refractivity contribution in [2.75, 3.05) is 5.43 Å². The van der Waals surface area contributed by atoms with Crippen molar-refractivity contribution in [3.8, 4) is 11.4 Å². The number of nitrogens with one attached hydrogen (secondary N) is 1. The molecule has 0 spiro atoms. The van der Waals surface area contributed by atoms with Gasteiger partial charge in [0.1, 0.15) is 5.82 Å². The van der Waals surface area contributed by atoms with Gasteiger partial charge in [-0.25, -0.2) is 15.8 Å². The Bertz CT molecular complexity index is 623. The van der Waals surface area contributed by atoms with Crippen molar-refractivity contribution >= 4 is 21.7 Å². The molecule has 1 aromatic carbocycles. The predicted octanol–water partition coefficient (Wildman–Crippen LogP) is 3.38. The summed E-state index contributed by atoms with van der Waals surface area (Å²) in [5.41, 5.74) is 5.90. The summed E-state index contributed by atoms with van der Waals surface area (Å²) < 4.78 is 1.06. The molecule has 1 heterocycles. The van der Waals surface area contributed by atoms with E-state index in [2.05, 4.69) is 44.3 Å². The predicted molar refractivity (Wildman–Crippen MR) is 79.7 cm³/mol. The third-order valence-corrected chi connectivity index (χ3v) is 3.81. The summed E-state index contributed by atoms with van der Waals surface area (Å²) in [5.74, 6) is 7.49. The topological polar surface area (TPSA) is 63.8 Å². The van der Waals surface area contributed by atoms with Gasteiger partial charge in [0.15, 0.2) is 5.82 Å². The first-order valence-corrected chi connectivity index (χ1v) is 7.09. The van der Waals surface area contributed by atoms with Crippen molar-refractivity contribution < 1.29 is 0 Å². The molecule has 0 amide bonds. The molecule has 0 unspecified atom stereocenters. The highest BCUT2D eigenvalue weighted by atomic mass is 79.9. The average molecular weight is 319 g/mol. The van der Waals surface area contributed by atoms with Crippen LogP contribution in [-0.4, -0.2) is 9.97 Å². The maximum Gasteiger partial charge on any atom is 0.162 e. The summed E-state index contributed by atoms with van der Waals surface area (Å²) in [6.45, 7) is 2.06. The van der Waals surface area contributed by atoms with Crippen LogP contribution in [0.4, 0.5) is 5.82 Å². The smallest absolute Gasteiger partial charge is 0.162 e. The molecule has 1 aliphatic rings. The molecule has 1 fully saturated rings. The van der Waals surface area contributed by atoms with Crippen molar-refractivity contribution in [1.29, 1.82) is 0 Å². The zero-order chi connectivity index (χ0) is 13.4. The SMILES string of the molecule is Cc1cc(Br)ccc1-c1nc(NN)cc(C2CC2)n1. The van der Waals surface area contributed by atoms with Gasteiger partial charge >= 0.3 is 0 Å². The lowest BCUT2D eigenvalue weighted by Gasteiger charge is -2.09. The molecule has 1 aromatic heterocycles. The van der Waals surface area contributed by atoms with E-state index in [0.29, 0.717) is 11.7 Å². The standard InChI is InChI=1S/C14H15BrN4/c1-8-6-10(15)4-5-11(8)14-17-12(9-2-3-9)7-13(18-14)19-16/h4-7,9H,2-3,16H2,1H3,(H,17,18,19). The van der Waals surface area contributed by atoms with Gasteiger partial charge in [-0.1, -0.05) is 15.9 Å². The summed E-state index contributed by atoms with van der Waals surface area (Å²) in [4.78, 5) is 9.14. The summed E-state index contributed by atoms with van der Waals surface area (Å²) >= 11 is 3.47. The highest BCUT2D eigenvalue weighted by Crippen LogP contribution is 2.40. The summed E-state index contributed by atoms with van der Waals surface area (Å²) in [7, 11) is 0. The molecule has 2 aromatic rings. The number of halogens is 1. The number of rotatable bonds is 3. The van der Waals surface area contributed by atoms with Crippen LogP contribution in [0.15, 0.2) is 28.7 Å². The number of aromatic nitrogens is 2. The number of aryl methyl sites for hydroxylation is 1. The fourth-order valence-electron chi connectivity index (χ4n) is 2.13. The van der Waals surface area contributed by atoms with Gasteiger partial charge < -0.3 is 5.43 Å². The second-order valence-corrected chi connectivity index (χ2v) is 5.80. The fourth-order valence-corrected chi connectivity index (χ4v) is 2.60. The minimum atomic E-state index is 0.574. The Labute approximate surface area is 120 Å². The molecule has 1 saturated carbocycles. The van der Waals surface area contributed by atoms with Crippen molar-refractivity contribution in [2.24, 2.45) is 5.84 Å². The van der Waals surface area contributed by atoms with Gasteiger partial charge in [0.2, 0.25) is 0 Å². The van der Waals surface area contributed by atoms with E-state index in [1.807, 2.05) is 18.2 Å². The fraction of sp³-hybridized carbons (Fsp3) is 0.286. The second kappa shape index (κ2) is 4.90. The molecular formula is C14H15BrN4. The third-order valence-electron chi connectivity index (χ3n) is 3.32. The molecule has 3 N–H and O–H groups in total. The second-order valence-electron chi connectivity index (χ2n) is 4.88. The molecule has 0 bridgehead atoms. The number of benzene rings is 1. The molecule has 19 heavy (non-hydrogen) atoms. The number of nitrogen functional groups attached to an aromatic ring is 1. The van der Waals surface area contributed by atoms with Gasteiger partial charge in [0, 0.05) is 27.7 Å². The Hall–Kier alpha value is -1.46. The van der Waals surface area contributed by atoms with Crippen LogP contribution >= 0.6 is 15.9 Å². The summed E-state index contributed by atoms with van der Waals surface area (Å²) in [6, 6.07) is 8.05. The zero-order valence-corrected chi connectivity index (χ0v) is 12.2. The Morgan fingerprint density at radius 3 is 2.68 bits per heavy atom. The highest BCUT2D eigenvalue weighted by Gasteiger charge is 2.26. The molecule has 4 nitrogen and oxygen atoms in total. The maximum absolute atomic E-state index is 5.50. The molecule has 5 heteroatoms. The molecular weight excluding hydrogens is 304 g/mol. The monoisotopic (exact) mass is 318 g/mol. The Balaban J connectivity index is 2.10. The number of hydrogen-bond acceptors (Lipinski definition) is 4. The summed E-state index contributed by atoms with van der Waals surface area (Å²) in [5, 5.41) is 0. The van der Waals surface area contributed by atoms with E-state index in [9.17, 15) is 0 Å². The number of anilines is 1. The average Bonchev–Trinajstić information content (AvgIpc) is 3.22. The number of hydrazine groups is 1. The van der Waals surface area contributed by atoms with E-state index in [0.717, 1.165) is 27.1 Å². The third kappa shape index (κ3) is 2.62. The van der Waals surface area contributed by atoms with Gasteiger partial charge in [0.05, 0.1) is 0 Å². The van der Waals surface area contributed by atoms with Crippen LogP contribution in [0.5, 0.6) is 0 Å². The lowest BCUT2D eigenvalue weighted by atomic mass is 10.1. The molecule has 0 aliphatic heterocycles. The lowest BCUT2D eigenvalue weighted by molar-refractivity contribution is 0.989. The van der Waals surface area contributed by atoms with Gasteiger partial charge in [-0.05, 0) is 43.5 Å². The molecule has 0 saturated heterocycles. The Morgan fingerprint density at radius 1 is 1.26 bits per heavy atom. The largest absolute Gasteiger partial charge is 0.308 e. The van der Waals surface area contributed by atoms with Crippen molar-refractivity contribution in [3.63, 3.8) is 0 Å². The zero-order valence-electron chi connectivity index (χ0n) is 10.7. The molecule has 3 rings (SSSR count). The first kappa shape index (κ1) is 12.6. The van der Waals surface area contributed by atoms with Crippen LogP contribution in [0.25, 0.3) is 11.4 Å². The molecule has 98 valence electrons. The van der Waals surface area contributed by atoms with Crippen LogP contribution in [0.1, 0.15) is 30.0 Å². The van der Waals surface area contributed by atoms with Crippen LogP contribution in [0.3, 0.4) is 0 Å². The van der Waals surface area contributed by atoms with Crippen LogP contribution in [0.2, 0.25) is 0 Å². The van der Waals surface area contributed by atoms with Gasteiger partial charge in [-0.15, -0.1) is 0 Å². The van der Waals surface area contributed by atoms with Crippen molar-refractivity contribution in [3.05, 3.63) is 40.0 Å². The maximum atomic E-state index is 5.50. The number of nitrogens with zero attached hydrogens (tertiary/aromatic N) is 2. The van der Waals surface area contributed by atoms with E-state index in [1.54, 1.807) is 0 Å². The number of nitrogens with two attached hydrogens (primary N) is 1. The highest BCUT2D eigenvalue weighted by molar-refractivity contribution is 9.10. The number of hydrogen-bond donors (Lipinski definition) is 2.